The number of ether oxygens (including phenoxy) is 1. The Hall–Kier alpha value is -3.23. The van der Waals surface area contributed by atoms with Crippen molar-refractivity contribution >= 4 is 17.4 Å². The molecule has 1 fully saturated rings. The molecule has 3 heterocycles. The fourth-order valence-corrected chi connectivity index (χ4v) is 3.48. The fraction of sp³-hybridized carbons (Fsp3) is 0.364. The molecule has 1 N–H and O–H groups in total. The molecular formula is C22H23F3N4O2. The molecule has 1 aliphatic rings. The van der Waals surface area contributed by atoms with Gasteiger partial charge in [-0.05, 0) is 45.0 Å². The van der Waals surface area contributed by atoms with E-state index in [9.17, 15) is 18.0 Å². The first-order chi connectivity index (χ1) is 14.5. The van der Waals surface area contributed by atoms with Crippen molar-refractivity contribution in [3.8, 4) is 11.4 Å². The number of hydrogen-bond donors (Lipinski definition) is 1. The lowest BCUT2D eigenvalue weighted by Crippen LogP contribution is -2.60. The van der Waals surface area contributed by atoms with Gasteiger partial charge in [0, 0.05) is 24.8 Å². The Bertz CT molecular complexity index is 1090. The van der Waals surface area contributed by atoms with Gasteiger partial charge in [0.1, 0.15) is 11.4 Å². The number of carbonyl (C=O) groups excluding carboxylic acids is 1. The van der Waals surface area contributed by atoms with Crippen LogP contribution in [0.2, 0.25) is 0 Å². The molecule has 0 unspecified atom stereocenters. The molecule has 9 heteroatoms. The van der Waals surface area contributed by atoms with Gasteiger partial charge in [-0.15, -0.1) is 0 Å². The molecule has 31 heavy (non-hydrogen) atoms. The summed E-state index contributed by atoms with van der Waals surface area (Å²) in [5, 5.41) is 2.84. The van der Waals surface area contributed by atoms with Crippen LogP contribution in [0.4, 0.5) is 23.8 Å². The number of rotatable bonds is 3. The summed E-state index contributed by atoms with van der Waals surface area (Å²) in [5.41, 5.74) is 0.165. The monoisotopic (exact) mass is 432 g/mol. The minimum atomic E-state index is -4.38. The van der Waals surface area contributed by atoms with Crippen molar-refractivity contribution in [3.63, 3.8) is 0 Å². The molecule has 0 spiro atoms. The van der Waals surface area contributed by atoms with Crippen LogP contribution < -0.4 is 10.2 Å². The Kier molecular flexibility index (Phi) is 5.07. The van der Waals surface area contributed by atoms with Crippen LogP contribution in [0.1, 0.15) is 26.3 Å². The smallest absolute Gasteiger partial charge is 0.416 e. The minimum absolute atomic E-state index is 0.0650. The number of aromatic nitrogens is 2. The molecule has 1 aromatic carbocycles. The molecule has 0 atom stereocenters. The van der Waals surface area contributed by atoms with Gasteiger partial charge >= 0.3 is 12.3 Å². The summed E-state index contributed by atoms with van der Waals surface area (Å²) in [7, 11) is 0. The van der Waals surface area contributed by atoms with E-state index >= 15 is 0 Å². The minimum Gasteiger partial charge on any atom is -0.444 e. The Morgan fingerprint density at radius 2 is 1.77 bits per heavy atom. The second-order valence-electron chi connectivity index (χ2n) is 8.54. The van der Waals surface area contributed by atoms with Crippen molar-refractivity contribution in [2.24, 2.45) is 0 Å². The molecule has 0 aliphatic carbocycles. The van der Waals surface area contributed by atoms with E-state index in [2.05, 4.69) is 5.32 Å². The number of nitrogens with zero attached hydrogens (tertiary/aromatic N) is 3. The Morgan fingerprint density at radius 1 is 1.10 bits per heavy atom. The molecule has 4 rings (SSSR count). The molecule has 0 bridgehead atoms. The number of hydrogen-bond acceptors (Lipinski definition) is 4. The molecule has 0 saturated carbocycles. The summed E-state index contributed by atoms with van der Waals surface area (Å²) in [4.78, 5) is 18.7. The summed E-state index contributed by atoms with van der Waals surface area (Å²) in [5.74, 6) is 1.28. The summed E-state index contributed by atoms with van der Waals surface area (Å²) in [6.07, 6.45) is -3.02. The van der Waals surface area contributed by atoms with Crippen LogP contribution in [0.5, 0.6) is 0 Å². The van der Waals surface area contributed by atoms with E-state index in [4.69, 9.17) is 9.72 Å². The highest BCUT2D eigenvalue weighted by molar-refractivity contribution is 5.77. The van der Waals surface area contributed by atoms with Gasteiger partial charge in [0.2, 0.25) is 0 Å². The number of halogens is 3. The number of alkyl carbamates (subject to hydrolysis) is 1. The third-order valence-corrected chi connectivity index (χ3v) is 4.90. The van der Waals surface area contributed by atoms with E-state index in [1.807, 2.05) is 33.7 Å². The zero-order valence-corrected chi connectivity index (χ0v) is 17.4. The standard InChI is InChI=1S/C22H23F3N4O2/c1-21(2,3)31-20(30)26-16-12-28(13-16)19-17-6-4-5-11-29(17)18(27-19)14-7-9-15(10-8-14)22(23,24)25/h4-11,16H,12-13H2,1-3H3,(H,26,30). The van der Waals surface area contributed by atoms with E-state index in [0.717, 1.165) is 23.5 Å². The zero-order chi connectivity index (χ0) is 22.4. The number of benzene rings is 1. The van der Waals surface area contributed by atoms with Crippen molar-refractivity contribution < 1.29 is 22.7 Å². The summed E-state index contributed by atoms with van der Waals surface area (Å²) in [6, 6.07) is 10.5. The van der Waals surface area contributed by atoms with E-state index < -0.39 is 23.4 Å². The van der Waals surface area contributed by atoms with Gasteiger partial charge in [-0.3, -0.25) is 4.40 Å². The Labute approximate surface area is 177 Å². The van der Waals surface area contributed by atoms with Gasteiger partial charge in [-0.25, -0.2) is 9.78 Å². The predicted molar refractivity (Wildman–Crippen MR) is 111 cm³/mol. The number of amides is 1. The molecular weight excluding hydrogens is 409 g/mol. The maximum Gasteiger partial charge on any atom is 0.416 e. The van der Waals surface area contributed by atoms with Gasteiger partial charge in [-0.1, -0.05) is 18.2 Å². The first-order valence-corrected chi connectivity index (χ1v) is 9.90. The SMILES string of the molecule is CC(C)(C)OC(=O)NC1CN(c2nc(-c3ccc(C(F)(F)F)cc3)n3ccccc23)C1. The second-order valence-corrected chi connectivity index (χ2v) is 8.54. The van der Waals surface area contributed by atoms with Crippen LogP contribution in [0, 0.1) is 0 Å². The van der Waals surface area contributed by atoms with Crippen molar-refractivity contribution in [2.45, 2.75) is 38.6 Å². The molecule has 2 aromatic heterocycles. The number of anilines is 1. The Balaban J connectivity index is 1.54. The lowest BCUT2D eigenvalue weighted by Gasteiger charge is -2.40. The summed E-state index contributed by atoms with van der Waals surface area (Å²) in [6.45, 7) is 6.54. The van der Waals surface area contributed by atoms with Crippen molar-refractivity contribution in [1.29, 1.82) is 0 Å². The lowest BCUT2D eigenvalue weighted by molar-refractivity contribution is -0.137. The van der Waals surface area contributed by atoms with Crippen LogP contribution >= 0.6 is 0 Å². The topological polar surface area (TPSA) is 58.9 Å². The highest BCUT2D eigenvalue weighted by Crippen LogP contribution is 2.33. The average Bonchev–Trinajstić information content (AvgIpc) is 3.01. The molecule has 1 aliphatic heterocycles. The second kappa shape index (κ2) is 7.47. The van der Waals surface area contributed by atoms with E-state index in [-0.39, 0.29) is 6.04 Å². The first-order valence-electron chi connectivity index (χ1n) is 9.90. The number of carbonyl (C=O) groups is 1. The number of imidazole rings is 1. The third kappa shape index (κ3) is 4.45. The van der Waals surface area contributed by atoms with Gasteiger partial charge in [0.05, 0.1) is 17.1 Å². The molecule has 3 aromatic rings. The number of pyridine rings is 1. The third-order valence-electron chi connectivity index (χ3n) is 4.90. The van der Waals surface area contributed by atoms with Crippen LogP contribution in [-0.4, -0.2) is 40.2 Å². The molecule has 164 valence electrons. The van der Waals surface area contributed by atoms with E-state index in [1.165, 1.54) is 12.1 Å². The van der Waals surface area contributed by atoms with E-state index in [1.54, 1.807) is 20.8 Å². The molecule has 6 nitrogen and oxygen atoms in total. The quantitative estimate of drug-likeness (QED) is 0.650. The highest BCUT2D eigenvalue weighted by Gasteiger charge is 2.33. The van der Waals surface area contributed by atoms with Crippen molar-refractivity contribution in [2.75, 3.05) is 18.0 Å². The number of alkyl halides is 3. The zero-order valence-electron chi connectivity index (χ0n) is 17.4. The van der Waals surface area contributed by atoms with Crippen molar-refractivity contribution in [3.05, 3.63) is 54.2 Å². The van der Waals surface area contributed by atoms with E-state index in [0.29, 0.717) is 24.5 Å². The maximum absolute atomic E-state index is 12.9. The largest absolute Gasteiger partial charge is 0.444 e. The van der Waals surface area contributed by atoms with Crippen LogP contribution in [0.15, 0.2) is 48.7 Å². The van der Waals surface area contributed by atoms with Crippen molar-refractivity contribution in [1.82, 2.24) is 14.7 Å². The van der Waals surface area contributed by atoms with Crippen LogP contribution in [0.3, 0.4) is 0 Å². The fourth-order valence-electron chi connectivity index (χ4n) is 3.48. The highest BCUT2D eigenvalue weighted by atomic mass is 19.4. The summed E-state index contributed by atoms with van der Waals surface area (Å²) < 4.78 is 45.8. The molecule has 1 amide bonds. The number of fused-ring (bicyclic) bond motifs is 1. The van der Waals surface area contributed by atoms with Gasteiger partial charge in [0.25, 0.3) is 0 Å². The average molecular weight is 432 g/mol. The van der Waals surface area contributed by atoms with Gasteiger partial charge < -0.3 is 15.0 Å². The molecule has 0 radical (unpaired) electrons. The normalized spacial score (nSPS) is 15.1. The van der Waals surface area contributed by atoms with Gasteiger partial charge in [-0.2, -0.15) is 13.2 Å². The first kappa shape index (κ1) is 21.0. The molecule has 1 saturated heterocycles. The summed E-state index contributed by atoms with van der Waals surface area (Å²) >= 11 is 0. The maximum atomic E-state index is 12.9. The Morgan fingerprint density at radius 3 is 2.39 bits per heavy atom. The van der Waals surface area contributed by atoms with Crippen LogP contribution in [-0.2, 0) is 10.9 Å². The van der Waals surface area contributed by atoms with Crippen LogP contribution in [0.25, 0.3) is 16.9 Å². The predicted octanol–water partition coefficient (Wildman–Crippen LogP) is 4.73. The number of nitrogens with one attached hydrogen (secondary N) is 1. The van der Waals surface area contributed by atoms with Gasteiger partial charge in [0.15, 0.2) is 5.82 Å². The lowest BCUT2D eigenvalue weighted by atomic mass is 10.1.